The van der Waals surface area contributed by atoms with E-state index in [0.717, 1.165) is 16.9 Å². The van der Waals surface area contributed by atoms with E-state index in [9.17, 15) is 9.59 Å². The summed E-state index contributed by atoms with van der Waals surface area (Å²) in [4.78, 5) is 26.6. The second-order valence-electron chi connectivity index (χ2n) is 7.45. The van der Waals surface area contributed by atoms with E-state index in [4.69, 9.17) is 4.74 Å². The Morgan fingerprint density at radius 1 is 1.11 bits per heavy atom. The third kappa shape index (κ3) is 3.82. The summed E-state index contributed by atoms with van der Waals surface area (Å²) in [6.07, 6.45) is 0. The molecule has 1 fully saturated rings. The largest absolute Gasteiger partial charge is 0.492 e. The van der Waals surface area contributed by atoms with Gasteiger partial charge in [-0.3, -0.25) is 9.69 Å². The molecule has 1 heterocycles. The van der Waals surface area contributed by atoms with Crippen molar-refractivity contribution in [3.8, 4) is 5.75 Å². The van der Waals surface area contributed by atoms with Crippen LogP contribution < -0.4 is 10.1 Å². The number of carbonyl (C=O) groups is 2. The summed E-state index contributed by atoms with van der Waals surface area (Å²) in [6.45, 7) is 8.44. The Labute approximate surface area is 160 Å². The first-order chi connectivity index (χ1) is 12.8. The van der Waals surface area contributed by atoms with Crippen LogP contribution in [0.25, 0.3) is 0 Å². The van der Waals surface area contributed by atoms with Crippen molar-refractivity contribution in [2.75, 3.05) is 13.2 Å². The standard InChI is InChI=1S/C22H26N2O3/c1-15(2)17-8-10-18(11-9-17)22(4)20(25)24(21(26)23-22)12-13-27-19-7-5-6-16(3)14-19/h5-11,14-15H,12-13H2,1-4H3,(H,23,26)/t22-/m0/s1. The zero-order valence-corrected chi connectivity index (χ0v) is 16.3. The molecule has 5 heteroatoms. The molecule has 0 aliphatic carbocycles. The Morgan fingerprint density at radius 3 is 2.44 bits per heavy atom. The number of aryl methyl sites for hydroxylation is 1. The average Bonchev–Trinajstić information content (AvgIpc) is 2.86. The highest BCUT2D eigenvalue weighted by atomic mass is 16.5. The minimum atomic E-state index is -1.05. The number of hydrogen-bond donors (Lipinski definition) is 1. The van der Waals surface area contributed by atoms with Crippen LogP contribution in [0.2, 0.25) is 0 Å². The lowest BCUT2D eigenvalue weighted by atomic mass is 9.90. The first kappa shape index (κ1) is 19.0. The molecule has 3 rings (SSSR count). The van der Waals surface area contributed by atoms with Crippen LogP contribution in [0.3, 0.4) is 0 Å². The lowest BCUT2D eigenvalue weighted by Gasteiger charge is -2.23. The van der Waals surface area contributed by atoms with Crippen LogP contribution in [0.5, 0.6) is 5.75 Å². The number of amides is 3. The third-order valence-corrected chi connectivity index (χ3v) is 5.00. The predicted molar refractivity (Wildman–Crippen MR) is 105 cm³/mol. The zero-order chi connectivity index (χ0) is 19.6. The molecule has 27 heavy (non-hydrogen) atoms. The van der Waals surface area contributed by atoms with E-state index in [1.165, 1.54) is 10.5 Å². The molecule has 1 aliphatic heterocycles. The number of nitrogens with one attached hydrogen (secondary N) is 1. The molecule has 5 nitrogen and oxygen atoms in total. The summed E-state index contributed by atoms with van der Waals surface area (Å²) in [5, 5.41) is 2.83. The summed E-state index contributed by atoms with van der Waals surface area (Å²) < 4.78 is 5.69. The highest BCUT2D eigenvalue weighted by Crippen LogP contribution is 2.29. The summed E-state index contributed by atoms with van der Waals surface area (Å²) >= 11 is 0. The molecule has 0 spiro atoms. The van der Waals surface area contributed by atoms with Crippen LogP contribution >= 0.6 is 0 Å². The van der Waals surface area contributed by atoms with Gasteiger partial charge in [0.15, 0.2) is 0 Å². The number of carbonyl (C=O) groups excluding carboxylic acids is 2. The monoisotopic (exact) mass is 366 g/mol. The number of hydrogen-bond acceptors (Lipinski definition) is 3. The smallest absolute Gasteiger partial charge is 0.325 e. The van der Waals surface area contributed by atoms with Crippen molar-refractivity contribution >= 4 is 11.9 Å². The van der Waals surface area contributed by atoms with Crippen molar-refractivity contribution in [2.24, 2.45) is 0 Å². The highest BCUT2D eigenvalue weighted by Gasteiger charge is 2.48. The van der Waals surface area contributed by atoms with Crippen molar-refractivity contribution < 1.29 is 14.3 Å². The molecule has 0 unspecified atom stereocenters. The van der Waals surface area contributed by atoms with Crippen LogP contribution in [0.1, 0.15) is 43.4 Å². The number of benzene rings is 2. The molecule has 1 saturated heterocycles. The summed E-state index contributed by atoms with van der Waals surface area (Å²) in [5.41, 5.74) is 2.03. The normalized spacial score (nSPS) is 19.5. The van der Waals surface area contributed by atoms with Gasteiger partial charge >= 0.3 is 6.03 Å². The number of ether oxygens (including phenoxy) is 1. The molecule has 1 aliphatic rings. The van der Waals surface area contributed by atoms with Crippen LogP contribution in [-0.2, 0) is 10.3 Å². The van der Waals surface area contributed by atoms with E-state index in [-0.39, 0.29) is 25.1 Å². The van der Waals surface area contributed by atoms with E-state index in [1.807, 2.05) is 55.5 Å². The van der Waals surface area contributed by atoms with Crippen LogP contribution in [-0.4, -0.2) is 30.0 Å². The maximum Gasteiger partial charge on any atom is 0.325 e. The second-order valence-corrected chi connectivity index (χ2v) is 7.45. The van der Waals surface area contributed by atoms with Crippen molar-refractivity contribution in [1.82, 2.24) is 10.2 Å². The minimum absolute atomic E-state index is 0.207. The lowest BCUT2D eigenvalue weighted by Crippen LogP contribution is -2.41. The van der Waals surface area contributed by atoms with Gasteiger partial charge in [0.2, 0.25) is 0 Å². The molecule has 0 bridgehead atoms. The van der Waals surface area contributed by atoms with Crippen molar-refractivity contribution in [1.29, 1.82) is 0 Å². The van der Waals surface area contributed by atoms with E-state index in [2.05, 4.69) is 19.2 Å². The molecule has 0 saturated carbocycles. The molecule has 3 amide bonds. The van der Waals surface area contributed by atoms with Crippen molar-refractivity contribution in [3.63, 3.8) is 0 Å². The first-order valence-corrected chi connectivity index (χ1v) is 9.25. The maximum atomic E-state index is 12.9. The fourth-order valence-corrected chi connectivity index (χ4v) is 3.26. The lowest BCUT2D eigenvalue weighted by molar-refractivity contribution is -0.131. The summed E-state index contributed by atoms with van der Waals surface area (Å²) in [5.74, 6) is 0.891. The van der Waals surface area contributed by atoms with E-state index >= 15 is 0 Å². The zero-order valence-electron chi connectivity index (χ0n) is 16.3. The molecule has 142 valence electrons. The van der Waals surface area contributed by atoms with E-state index in [0.29, 0.717) is 5.92 Å². The quantitative estimate of drug-likeness (QED) is 0.787. The van der Waals surface area contributed by atoms with E-state index in [1.54, 1.807) is 6.92 Å². The van der Waals surface area contributed by atoms with Gasteiger partial charge in [0.05, 0.1) is 6.54 Å². The Balaban J connectivity index is 1.68. The molecular formula is C22H26N2O3. The first-order valence-electron chi connectivity index (χ1n) is 9.25. The number of imide groups is 1. The van der Waals surface area contributed by atoms with Crippen LogP contribution in [0, 0.1) is 6.92 Å². The summed E-state index contributed by atoms with van der Waals surface area (Å²) in [6, 6.07) is 15.1. The van der Waals surface area contributed by atoms with Gasteiger partial charge in [-0.1, -0.05) is 50.2 Å². The molecule has 2 aromatic carbocycles. The van der Waals surface area contributed by atoms with Gasteiger partial charge in [0, 0.05) is 0 Å². The van der Waals surface area contributed by atoms with Crippen molar-refractivity contribution in [3.05, 3.63) is 65.2 Å². The molecule has 0 radical (unpaired) electrons. The van der Waals surface area contributed by atoms with Gasteiger partial charge in [-0.2, -0.15) is 0 Å². The fourth-order valence-electron chi connectivity index (χ4n) is 3.26. The topological polar surface area (TPSA) is 58.6 Å². The molecule has 1 atom stereocenters. The van der Waals surface area contributed by atoms with Gasteiger partial charge in [-0.15, -0.1) is 0 Å². The number of rotatable bonds is 6. The van der Waals surface area contributed by atoms with Gasteiger partial charge in [0.1, 0.15) is 17.9 Å². The number of urea groups is 1. The minimum Gasteiger partial charge on any atom is -0.492 e. The molecule has 1 N–H and O–H groups in total. The van der Waals surface area contributed by atoms with Gasteiger partial charge in [-0.25, -0.2) is 4.79 Å². The van der Waals surface area contributed by atoms with Crippen LogP contribution in [0.4, 0.5) is 4.79 Å². The second kappa shape index (κ2) is 7.43. The van der Waals surface area contributed by atoms with Gasteiger partial charge in [-0.05, 0) is 48.6 Å². The average molecular weight is 366 g/mol. The Hall–Kier alpha value is -2.82. The van der Waals surface area contributed by atoms with Crippen LogP contribution in [0.15, 0.2) is 48.5 Å². The van der Waals surface area contributed by atoms with Crippen molar-refractivity contribution in [2.45, 2.75) is 39.2 Å². The Morgan fingerprint density at radius 2 is 1.81 bits per heavy atom. The fraction of sp³-hybridized carbons (Fsp3) is 0.364. The summed E-state index contributed by atoms with van der Waals surface area (Å²) in [7, 11) is 0. The van der Waals surface area contributed by atoms with E-state index < -0.39 is 5.54 Å². The Bertz CT molecular complexity index is 845. The maximum absolute atomic E-state index is 12.9. The molecule has 2 aromatic rings. The van der Waals surface area contributed by atoms with Gasteiger partial charge in [0.25, 0.3) is 5.91 Å². The molecular weight excluding hydrogens is 340 g/mol. The van der Waals surface area contributed by atoms with Gasteiger partial charge < -0.3 is 10.1 Å². The third-order valence-electron chi connectivity index (χ3n) is 5.00. The SMILES string of the molecule is Cc1cccc(OCCN2C(=O)N[C@@](C)(c3ccc(C(C)C)cc3)C2=O)c1. The Kier molecular flexibility index (Phi) is 5.22. The molecule has 0 aromatic heterocycles. The number of nitrogens with zero attached hydrogens (tertiary/aromatic N) is 1. The predicted octanol–water partition coefficient (Wildman–Crippen LogP) is 3.96. The highest BCUT2D eigenvalue weighted by molar-refractivity contribution is 6.07.